The van der Waals surface area contributed by atoms with Crippen LogP contribution in [0, 0.1) is 28.6 Å². The zero-order chi connectivity index (χ0) is 15.5. The number of aliphatic hydroxyl groups excluding tert-OH is 2. The second kappa shape index (κ2) is 4.91. The standard InChI is InChI=1S/C19H28O3/c1-18-10-8-14-12(13(18)6-7-17(18)22)4-5-15-16(21)3-2-9-19(14,15)11-20/h5,12-14,16,20-21H,2-4,6-11H2,1H3/t12-,13-,14-,16+,18-,19-/m0/s1. The monoisotopic (exact) mass is 304 g/mol. The Morgan fingerprint density at radius 2 is 2.05 bits per heavy atom. The van der Waals surface area contributed by atoms with Crippen molar-refractivity contribution >= 4 is 5.78 Å². The van der Waals surface area contributed by atoms with Crippen molar-refractivity contribution < 1.29 is 15.0 Å². The van der Waals surface area contributed by atoms with E-state index in [2.05, 4.69) is 13.0 Å². The van der Waals surface area contributed by atoms with Gasteiger partial charge in [-0.15, -0.1) is 0 Å². The first-order valence-corrected chi connectivity index (χ1v) is 9.06. The molecule has 0 bridgehead atoms. The number of hydrogen-bond donors (Lipinski definition) is 2. The van der Waals surface area contributed by atoms with Crippen molar-refractivity contribution in [3.63, 3.8) is 0 Å². The number of hydrogen-bond acceptors (Lipinski definition) is 3. The number of aliphatic hydroxyl groups is 2. The fraction of sp³-hybridized carbons (Fsp3) is 0.842. The van der Waals surface area contributed by atoms with Crippen molar-refractivity contribution in [2.75, 3.05) is 6.61 Å². The largest absolute Gasteiger partial charge is 0.395 e. The van der Waals surface area contributed by atoms with Crippen molar-refractivity contribution in [2.45, 2.75) is 64.4 Å². The fourth-order valence-electron chi connectivity index (χ4n) is 6.61. The van der Waals surface area contributed by atoms with Gasteiger partial charge in [0.05, 0.1) is 12.7 Å². The van der Waals surface area contributed by atoms with Gasteiger partial charge in [-0.1, -0.05) is 13.0 Å². The Kier molecular flexibility index (Phi) is 3.32. The molecule has 4 aliphatic carbocycles. The molecule has 0 aliphatic heterocycles. The smallest absolute Gasteiger partial charge is 0.139 e. The zero-order valence-corrected chi connectivity index (χ0v) is 13.6. The molecule has 0 unspecified atom stereocenters. The molecule has 0 saturated heterocycles. The van der Waals surface area contributed by atoms with Crippen LogP contribution >= 0.6 is 0 Å². The molecule has 0 amide bonds. The molecule has 0 aromatic carbocycles. The zero-order valence-electron chi connectivity index (χ0n) is 13.6. The topological polar surface area (TPSA) is 57.5 Å². The summed E-state index contributed by atoms with van der Waals surface area (Å²) in [5.74, 6) is 1.93. The van der Waals surface area contributed by atoms with E-state index in [1.165, 1.54) is 0 Å². The number of carbonyl (C=O) groups excluding carboxylic acids is 1. The lowest BCUT2D eigenvalue weighted by Crippen LogP contribution is -2.54. The van der Waals surface area contributed by atoms with E-state index in [4.69, 9.17) is 0 Å². The molecule has 3 nitrogen and oxygen atoms in total. The lowest BCUT2D eigenvalue weighted by molar-refractivity contribution is -0.133. The van der Waals surface area contributed by atoms with Crippen LogP contribution in [0.2, 0.25) is 0 Å². The molecule has 0 aromatic rings. The van der Waals surface area contributed by atoms with Crippen LogP contribution in [0.5, 0.6) is 0 Å². The van der Waals surface area contributed by atoms with Gasteiger partial charge in [0.2, 0.25) is 0 Å². The van der Waals surface area contributed by atoms with Crippen LogP contribution in [0.15, 0.2) is 11.6 Å². The van der Waals surface area contributed by atoms with Crippen LogP contribution in [0.25, 0.3) is 0 Å². The van der Waals surface area contributed by atoms with E-state index in [0.29, 0.717) is 23.5 Å². The van der Waals surface area contributed by atoms with Crippen molar-refractivity contribution in [1.82, 2.24) is 0 Å². The third-order valence-corrected chi connectivity index (χ3v) is 7.78. The summed E-state index contributed by atoms with van der Waals surface area (Å²) in [4.78, 5) is 12.4. The van der Waals surface area contributed by atoms with Gasteiger partial charge in [-0.05, 0) is 68.3 Å². The number of allylic oxidation sites excluding steroid dienone is 1. The average molecular weight is 304 g/mol. The molecule has 0 heterocycles. The number of rotatable bonds is 1. The lowest BCUT2D eigenvalue weighted by Gasteiger charge is -2.57. The summed E-state index contributed by atoms with van der Waals surface area (Å²) < 4.78 is 0. The van der Waals surface area contributed by atoms with E-state index >= 15 is 0 Å². The minimum absolute atomic E-state index is 0.115. The molecule has 2 N–H and O–H groups in total. The van der Waals surface area contributed by atoms with Gasteiger partial charge in [0.15, 0.2) is 0 Å². The molecule has 22 heavy (non-hydrogen) atoms. The van der Waals surface area contributed by atoms with Gasteiger partial charge >= 0.3 is 0 Å². The quantitative estimate of drug-likeness (QED) is 0.732. The highest BCUT2D eigenvalue weighted by molar-refractivity contribution is 5.87. The normalized spacial score (nSPS) is 50.9. The first-order valence-electron chi connectivity index (χ1n) is 9.06. The first-order chi connectivity index (χ1) is 10.5. The molecule has 0 radical (unpaired) electrons. The van der Waals surface area contributed by atoms with Gasteiger partial charge in [0.1, 0.15) is 5.78 Å². The Morgan fingerprint density at radius 1 is 1.23 bits per heavy atom. The first kappa shape index (κ1) is 14.9. The number of carbonyl (C=O) groups is 1. The van der Waals surface area contributed by atoms with Crippen molar-refractivity contribution in [3.05, 3.63) is 11.6 Å². The number of ketones is 1. The average Bonchev–Trinajstić information content (AvgIpc) is 2.83. The second-order valence-corrected chi connectivity index (χ2v) is 8.41. The van der Waals surface area contributed by atoms with Crippen LogP contribution in [0.1, 0.15) is 58.3 Å². The highest BCUT2D eigenvalue weighted by atomic mass is 16.3. The van der Waals surface area contributed by atoms with Gasteiger partial charge in [-0.2, -0.15) is 0 Å². The van der Waals surface area contributed by atoms with Gasteiger partial charge in [0.25, 0.3) is 0 Å². The highest BCUT2D eigenvalue weighted by Crippen LogP contribution is 2.63. The summed E-state index contributed by atoms with van der Waals surface area (Å²) in [7, 11) is 0. The Balaban J connectivity index is 1.74. The molecule has 3 saturated carbocycles. The Hall–Kier alpha value is -0.670. The number of fused-ring (bicyclic) bond motifs is 5. The van der Waals surface area contributed by atoms with E-state index in [1.807, 2.05) is 0 Å². The Morgan fingerprint density at radius 3 is 2.82 bits per heavy atom. The van der Waals surface area contributed by atoms with E-state index in [-0.39, 0.29) is 23.5 Å². The lowest BCUT2D eigenvalue weighted by atomic mass is 9.47. The Labute approximate surface area is 132 Å². The molecule has 0 aromatic heterocycles. The summed E-state index contributed by atoms with van der Waals surface area (Å²) in [5.41, 5.74) is 0.805. The van der Waals surface area contributed by atoms with Gasteiger partial charge in [-0.3, -0.25) is 4.79 Å². The van der Waals surface area contributed by atoms with Crippen LogP contribution in [-0.2, 0) is 4.79 Å². The summed E-state index contributed by atoms with van der Waals surface area (Å²) in [6, 6.07) is 0. The van der Waals surface area contributed by atoms with E-state index in [0.717, 1.165) is 56.9 Å². The molecular weight excluding hydrogens is 276 g/mol. The number of Topliss-reactive ketones (excluding diaryl/α,β-unsaturated/α-hetero) is 1. The van der Waals surface area contributed by atoms with Gasteiger partial charge in [-0.25, -0.2) is 0 Å². The third-order valence-electron chi connectivity index (χ3n) is 7.78. The Bertz CT molecular complexity index is 525. The van der Waals surface area contributed by atoms with Gasteiger partial charge < -0.3 is 10.2 Å². The van der Waals surface area contributed by atoms with Crippen LogP contribution < -0.4 is 0 Å². The second-order valence-electron chi connectivity index (χ2n) is 8.41. The molecule has 4 aliphatic rings. The summed E-state index contributed by atoms with van der Waals surface area (Å²) >= 11 is 0. The van der Waals surface area contributed by atoms with Gasteiger partial charge in [0, 0.05) is 17.3 Å². The van der Waals surface area contributed by atoms with E-state index in [9.17, 15) is 15.0 Å². The molecule has 0 spiro atoms. The minimum Gasteiger partial charge on any atom is -0.395 e. The molecule has 3 heteroatoms. The van der Waals surface area contributed by atoms with E-state index in [1.54, 1.807) is 0 Å². The maximum absolute atomic E-state index is 12.4. The van der Waals surface area contributed by atoms with Crippen LogP contribution in [0.3, 0.4) is 0 Å². The van der Waals surface area contributed by atoms with E-state index < -0.39 is 0 Å². The van der Waals surface area contributed by atoms with Crippen LogP contribution in [0.4, 0.5) is 0 Å². The maximum Gasteiger partial charge on any atom is 0.139 e. The fourth-order valence-corrected chi connectivity index (χ4v) is 6.61. The molecule has 4 rings (SSSR count). The molecule has 3 fully saturated rings. The minimum atomic E-state index is -0.361. The SMILES string of the molecule is C[C@]12CC[C@H]3[C@@H](CC=C4[C@H](O)CCC[C@@]43CO)[C@@H]1CCC2=O. The summed E-state index contributed by atoms with van der Waals surface area (Å²) in [6.45, 7) is 2.35. The maximum atomic E-state index is 12.4. The molecular formula is C19H28O3. The molecule has 122 valence electrons. The summed E-state index contributed by atoms with van der Waals surface area (Å²) in [5, 5.41) is 20.7. The molecule has 6 atom stereocenters. The predicted molar refractivity (Wildman–Crippen MR) is 84.1 cm³/mol. The van der Waals surface area contributed by atoms with Crippen molar-refractivity contribution in [3.8, 4) is 0 Å². The third kappa shape index (κ3) is 1.73. The van der Waals surface area contributed by atoms with Crippen molar-refractivity contribution in [2.24, 2.45) is 28.6 Å². The predicted octanol–water partition coefficient (Wildman–Crippen LogP) is 2.85. The van der Waals surface area contributed by atoms with Crippen LogP contribution in [-0.4, -0.2) is 28.7 Å². The highest BCUT2D eigenvalue weighted by Gasteiger charge is 2.60. The van der Waals surface area contributed by atoms with Crippen molar-refractivity contribution in [1.29, 1.82) is 0 Å². The summed E-state index contributed by atoms with van der Waals surface area (Å²) in [6.07, 6.45) is 9.50.